The number of para-hydroxylation sites is 2. The molecule has 0 atom stereocenters. The molecule has 0 fully saturated rings. The van der Waals surface area contributed by atoms with Gasteiger partial charge in [-0.2, -0.15) is 10.2 Å². The van der Waals surface area contributed by atoms with E-state index >= 15 is 0 Å². The predicted octanol–water partition coefficient (Wildman–Crippen LogP) is 1.93. The Morgan fingerprint density at radius 3 is 1.64 bits per heavy atom. The Balaban J connectivity index is 1.84. The van der Waals surface area contributed by atoms with E-state index in [1.807, 2.05) is 0 Å². The lowest BCUT2D eigenvalue weighted by Gasteiger charge is -2.02. The summed E-state index contributed by atoms with van der Waals surface area (Å²) in [4.78, 5) is 0. The van der Waals surface area contributed by atoms with Gasteiger partial charge < -0.3 is 10.2 Å². The minimum atomic E-state index is 0.129. The number of phenols is 2. The van der Waals surface area contributed by atoms with Crippen molar-refractivity contribution in [3.05, 3.63) is 59.7 Å². The lowest BCUT2D eigenvalue weighted by Crippen LogP contribution is -2.28. The van der Waals surface area contributed by atoms with Gasteiger partial charge in [0.05, 0.1) is 12.4 Å². The van der Waals surface area contributed by atoms with E-state index in [1.54, 1.807) is 48.5 Å². The third-order valence-electron chi connectivity index (χ3n) is 2.61. The average molecular weight is 314 g/mol. The molecule has 0 heterocycles. The molecule has 0 radical (unpaired) electrons. The third-order valence-corrected chi connectivity index (χ3v) is 2.80. The summed E-state index contributed by atoms with van der Waals surface area (Å²) < 4.78 is 0. The first kappa shape index (κ1) is 15.5. The lowest BCUT2D eigenvalue weighted by atomic mass is 10.2. The molecule has 112 valence electrons. The molecular formula is C15H14N4O2S. The highest BCUT2D eigenvalue weighted by molar-refractivity contribution is 7.80. The highest BCUT2D eigenvalue weighted by Gasteiger charge is 1.96. The lowest BCUT2D eigenvalue weighted by molar-refractivity contribution is 0.474. The molecule has 7 heteroatoms. The van der Waals surface area contributed by atoms with E-state index in [0.29, 0.717) is 11.1 Å². The molecule has 2 rings (SSSR count). The highest BCUT2D eigenvalue weighted by atomic mass is 32.1. The zero-order valence-electron chi connectivity index (χ0n) is 11.5. The summed E-state index contributed by atoms with van der Waals surface area (Å²) in [5.41, 5.74) is 6.25. The molecule has 0 spiro atoms. The Kier molecular flexibility index (Phi) is 5.44. The fourth-order valence-electron chi connectivity index (χ4n) is 1.54. The number of hydrazone groups is 2. The van der Waals surface area contributed by atoms with Gasteiger partial charge in [-0.3, -0.25) is 10.9 Å². The number of rotatable bonds is 4. The first-order valence-corrected chi connectivity index (χ1v) is 6.76. The Bertz CT molecular complexity index is 657. The van der Waals surface area contributed by atoms with Crippen LogP contribution in [0.4, 0.5) is 0 Å². The van der Waals surface area contributed by atoms with Gasteiger partial charge in [0.25, 0.3) is 0 Å². The van der Waals surface area contributed by atoms with Crippen LogP contribution in [0.15, 0.2) is 58.7 Å². The molecule has 4 N–H and O–H groups in total. The SMILES string of the molecule is Oc1ccccc1/C=N\NC(=S)N/N=C/c1ccccc1O. The van der Waals surface area contributed by atoms with Gasteiger partial charge in [0.1, 0.15) is 11.5 Å². The van der Waals surface area contributed by atoms with Crippen molar-refractivity contribution in [2.24, 2.45) is 10.2 Å². The molecule has 0 aliphatic carbocycles. The topological polar surface area (TPSA) is 89.2 Å². The molecule has 0 saturated heterocycles. The fraction of sp³-hybridized carbons (Fsp3) is 0. The molecule has 0 saturated carbocycles. The molecular weight excluding hydrogens is 300 g/mol. The number of thiocarbonyl (C=S) groups is 1. The molecule has 0 aromatic heterocycles. The van der Waals surface area contributed by atoms with Gasteiger partial charge in [-0.1, -0.05) is 24.3 Å². The monoisotopic (exact) mass is 314 g/mol. The summed E-state index contributed by atoms with van der Waals surface area (Å²) in [6.07, 6.45) is 2.88. The average Bonchev–Trinajstić information content (AvgIpc) is 2.51. The fourth-order valence-corrected chi connectivity index (χ4v) is 1.64. The van der Waals surface area contributed by atoms with E-state index in [4.69, 9.17) is 12.2 Å². The van der Waals surface area contributed by atoms with Crippen LogP contribution in [0.1, 0.15) is 11.1 Å². The first-order valence-electron chi connectivity index (χ1n) is 6.35. The zero-order chi connectivity index (χ0) is 15.8. The van der Waals surface area contributed by atoms with E-state index in [0.717, 1.165) is 0 Å². The summed E-state index contributed by atoms with van der Waals surface area (Å²) in [6, 6.07) is 13.6. The van der Waals surface area contributed by atoms with Crippen LogP contribution >= 0.6 is 12.2 Å². The number of hydrogen-bond acceptors (Lipinski definition) is 5. The maximum Gasteiger partial charge on any atom is 0.207 e. The van der Waals surface area contributed by atoms with E-state index in [-0.39, 0.29) is 16.6 Å². The van der Waals surface area contributed by atoms with Gasteiger partial charge in [0, 0.05) is 11.1 Å². The van der Waals surface area contributed by atoms with Crippen LogP contribution < -0.4 is 10.9 Å². The Morgan fingerprint density at radius 2 is 1.23 bits per heavy atom. The third kappa shape index (κ3) is 4.57. The van der Waals surface area contributed by atoms with Crippen LogP contribution in [0.25, 0.3) is 0 Å². The summed E-state index contributed by atoms with van der Waals surface area (Å²) in [5.74, 6) is 0.258. The zero-order valence-corrected chi connectivity index (χ0v) is 12.3. The van der Waals surface area contributed by atoms with Crippen LogP contribution in [0.3, 0.4) is 0 Å². The van der Waals surface area contributed by atoms with Gasteiger partial charge in [-0.25, -0.2) is 0 Å². The number of benzene rings is 2. The van der Waals surface area contributed by atoms with E-state index in [1.165, 1.54) is 12.4 Å². The van der Waals surface area contributed by atoms with Crippen molar-refractivity contribution in [2.75, 3.05) is 0 Å². The Morgan fingerprint density at radius 1 is 0.818 bits per heavy atom. The van der Waals surface area contributed by atoms with Crippen molar-refractivity contribution in [3.63, 3.8) is 0 Å². The molecule has 2 aromatic carbocycles. The first-order chi connectivity index (χ1) is 10.7. The Hall–Kier alpha value is -2.93. The van der Waals surface area contributed by atoms with Crippen LogP contribution in [-0.4, -0.2) is 27.8 Å². The van der Waals surface area contributed by atoms with Gasteiger partial charge in [-0.15, -0.1) is 0 Å². The number of hydrogen-bond donors (Lipinski definition) is 4. The van der Waals surface area contributed by atoms with E-state index in [9.17, 15) is 10.2 Å². The van der Waals surface area contributed by atoms with Crippen LogP contribution in [0, 0.1) is 0 Å². The summed E-state index contributed by atoms with van der Waals surface area (Å²) >= 11 is 4.98. The number of aromatic hydroxyl groups is 2. The Labute approximate surface area is 132 Å². The van der Waals surface area contributed by atoms with E-state index in [2.05, 4.69) is 21.1 Å². The summed E-state index contributed by atoms with van der Waals surface area (Å²) in [6.45, 7) is 0. The van der Waals surface area contributed by atoms with E-state index < -0.39 is 0 Å². The van der Waals surface area contributed by atoms with Crippen LogP contribution in [0.2, 0.25) is 0 Å². The van der Waals surface area contributed by atoms with Crippen molar-refractivity contribution < 1.29 is 10.2 Å². The normalized spacial score (nSPS) is 10.9. The second-order valence-electron chi connectivity index (χ2n) is 4.19. The van der Waals surface area contributed by atoms with Gasteiger partial charge in [-0.05, 0) is 36.5 Å². The molecule has 0 aliphatic rings. The molecule has 0 aliphatic heterocycles. The maximum atomic E-state index is 9.55. The molecule has 6 nitrogen and oxygen atoms in total. The van der Waals surface area contributed by atoms with Crippen molar-refractivity contribution in [3.8, 4) is 11.5 Å². The highest BCUT2D eigenvalue weighted by Crippen LogP contribution is 2.13. The second kappa shape index (κ2) is 7.75. The summed E-state index contributed by atoms with van der Waals surface area (Å²) in [5, 5.41) is 27.1. The van der Waals surface area contributed by atoms with Gasteiger partial charge in [0.2, 0.25) is 5.11 Å². The van der Waals surface area contributed by atoms with Gasteiger partial charge in [0.15, 0.2) is 0 Å². The van der Waals surface area contributed by atoms with Crippen molar-refractivity contribution >= 4 is 29.8 Å². The number of nitrogens with one attached hydrogen (secondary N) is 2. The molecule has 2 aromatic rings. The largest absolute Gasteiger partial charge is 0.507 e. The smallest absolute Gasteiger partial charge is 0.207 e. The minimum absolute atomic E-state index is 0.129. The van der Waals surface area contributed by atoms with Crippen molar-refractivity contribution in [2.45, 2.75) is 0 Å². The molecule has 22 heavy (non-hydrogen) atoms. The predicted molar refractivity (Wildman–Crippen MR) is 90.3 cm³/mol. The number of phenolic OH excluding ortho intramolecular Hbond substituents is 2. The summed E-state index contributed by atoms with van der Waals surface area (Å²) in [7, 11) is 0. The second-order valence-corrected chi connectivity index (χ2v) is 4.60. The molecule has 0 unspecified atom stereocenters. The maximum absolute atomic E-state index is 9.55. The standard InChI is InChI=1S/C15H14N4O2S/c20-13-7-3-1-5-11(13)9-16-18-15(22)19-17-10-12-6-2-4-8-14(12)21/h1-10,20-21H,(H2,18,19,22)/b16-9-,17-10+. The molecule has 0 bridgehead atoms. The van der Waals surface area contributed by atoms with Crippen molar-refractivity contribution in [1.82, 2.24) is 10.9 Å². The van der Waals surface area contributed by atoms with Crippen LogP contribution in [0.5, 0.6) is 11.5 Å². The number of nitrogens with zero attached hydrogens (tertiary/aromatic N) is 2. The quantitative estimate of drug-likeness (QED) is 0.393. The van der Waals surface area contributed by atoms with Gasteiger partial charge >= 0.3 is 0 Å². The molecule has 0 amide bonds. The van der Waals surface area contributed by atoms with Crippen LogP contribution in [-0.2, 0) is 0 Å². The minimum Gasteiger partial charge on any atom is -0.507 e. The van der Waals surface area contributed by atoms with Crippen molar-refractivity contribution in [1.29, 1.82) is 0 Å².